The molecule has 0 N–H and O–H groups in total. The number of piperidine rings is 1. The van der Waals surface area contributed by atoms with Crippen LogP contribution in [0.4, 0.5) is 5.69 Å². The second-order valence-corrected chi connectivity index (χ2v) is 8.82. The molecule has 2 amide bonds. The number of carbonyl (C=O) groups is 4. The van der Waals surface area contributed by atoms with Gasteiger partial charge in [-0.15, -0.1) is 0 Å². The number of ketones is 1. The summed E-state index contributed by atoms with van der Waals surface area (Å²) in [4.78, 5) is 52.2. The van der Waals surface area contributed by atoms with Crippen molar-refractivity contribution < 1.29 is 23.9 Å². The van der Waals surface area contributed by atoms with Gasteiger partial charge in [0.2, 0.25) is 11.8 Å². The van der Waals surface area contributed by atoms with Crippen molar-refractivity contribution >= 4 is 29.3 Å². The third-order valence-corrected chi connectivity index (χ3v) is 5.58. The van der Waals surface area contributed by atoms with Crippen LogP contribution >= 0.6 is 0 Å². The molecule has 0 unspecified atom stereocenters. The molecule has 2 aliphatic rings. The highest BCUT2D eigenvalue weighted by atomic mass is 16.5. The number of rotatable bonds is 4. The first-order chi connectivity index (χ1) is 13.6. The lowest BCUT2D eigenvalue weighted by molar-refractivity contribution is -0.152. The molecule has 156 valence electrons. The number of carbonyl (C=O) groups excluding carboxylic acids is 4. The summed E-state index contributed by atoms with van der Waals surface area (Å²) in [5.41, 5.74) is 1.62. The quantitative estimate of drug-likeness (QED) is 0.572. The highest BCUT2D eigenvalue weighted by Gasteiger charge is 2.33. The van der Waals surface area contributed by atoms with E-state index in [1.807, 2.05) is 20.8 Å². The topological polar surface area (TPSA) is 84.0 Å². The minimum Gasteiger partial charge on any atom is -0.457 e. The van der Waals surface area contributed by atoms with Crippen molar-refractivity contribution in [1.82, 2.24) is 4.90 Å². The van der Waals surface area contributed by atoms with Crippen LogP contribution in [0.3, 0.4) is 0 Å². The third kappa shape index (κ3) is 4.49. The van der Waals surface area contributed by atoms with E-state index in [2.05, 4.69) is 0 Å². The van der Waals surface area contributed by atoms with Crippen molar-refractivity contribution in [3.8, 4) is 0 Å². The van der Waals surface area contributed by atoms with Crippen LogP contribution in [0.15, 0.2) is 18.2 Å². The Kier molecular flexibility index (Phi) is 5.78. The maximum Gasteiger partial charge on any atom is 0.309 e. The molecule has 0 spiro atoms. The SMILES string of the molecule is CN1C(=O)Cc2cc(C(=O)COC(=O)C3CCN(C(=O)C(C)(C)C)CC3)ccc21. The van der Waals surface area contributed by atoms with Gasteiger partial charge in [-0.05, 0) is 36.6 Å². The van der Waals surface area contributed by atoms with E-state index in [4.69, 9.17) is 4.74 Å². The van der Waals surface area contributed by atoms with Gasteiger partial charge in [-0.3, -0.25) is 19.2 Å². The number of ether oxygens (including phenoxy) is 1. The molecule has 0 aliphatic carbocycles. The van der Waals surface area contributed by atoms with Gasteiger partial charge in [-0.1, -0.05) is 20.8 Å². The van der Waals surface area contributed by atoms with Gasteiger partial charge in [0.15, 0.2) is 12.4 Å². The number of nitrogens with zero attached hydrogens (tertiary/aromatic N) is 2. The first-order valence-corrected chi connectivity index (χ1v) is 9.96. The van der Waals surface area contributed by atoms with E-state index >= 15 is 0 Å². The summed E-state index contributed by atoms with van der Waals surface area (Å²) in [5.74, 6) is -0.897. The van der Waals surface area contributed by atoms with Crippen molar-refractivity contribution in [2.75, 3.05) is 31.6 Å². The van der Waals surface area contributed by atoms with Crippen molar-refractivity contribution in [1.29, 1.82) is 0 Å². The van der Waals surface area contributed by atoms with Gasteiger partial charge in [-0.25, -0.2) is 0 Å². The summed E-state index contributed by atoms with van der Waals surface area (Å²) in [6.45, 7) is 6.38. The Hall–Kier alpha value is -2.70. The summed E-state index contributed by atoms with van der Waals surface area (Å²) >= 11 is 0. The lowest BCUT2D eigenvalue weighted by Crippen LogP contribution is -2.45. The summed E-state index contributed by atoms with van der Waals surface area (Å²) in [7, 11) is 1.71. The first-order valence-electron chi connectivity index (χ1n) is 9.96. The zero-order valence-corrected chi connectivity index (χ0v) is 17.5. The van der Waals surface area contributed by atoms with Gasteiger partial charge >= 0.3 is 5.97 Å². The maximum absolute atomic E-state index is 12.4. The molecule has 0 saturated carbocycles. The number of fused-ring (bicyclic) bond motifs is 1. The second kappa shape index (κ2) is 7.97. The van der Waals surface area contributed by atoms with Crippen molar-refractivity contribution in [2.24, 2.45) is 11.3 Å². The van der Waals surface area contributed by atoms with Gasteiger partial charge in [-0.2, -0.15) is 0 Å². The summed E-state index contributed by atoms with van der Waals surface area (Å²) in [6.07, 6.45) is 1.36. The van der Waals surface area contributed by atoms with Crippen LogP contribution in [0.5, 0.6) is 0 Å². The molecule has 1 saturated heterocycles. The van der Waals surface area contributed by atoms with Gasteiger partial charge in [0.1, 0.15) is 0 Å². The number of anilines is 1. The second-order valence-electron chi connectivity index (χ2n) is 8.82. The predicted octanol–water partition coefficient (Wildman–Crippen LogP) is 2.22. The molecular weight excluding hydrogens is 372 g/mol. The molecule has 0 bridgehead atoms. The van der Waals surface area contributed by atoms with Crippen LogP contribution in [0.25, 0.3) is 0 Å². The van der Waals surface area contributed by atoms with Crippen LogP contribution in [-0.2, 0) is 25.5 Å². The van der Waals surface area contributed by atoms with Gasteiger partial charge in [0.25, 0.3) is 0 Å². The molecule has 1 aromatic rings. The average Bonchev–Trinajstić information content (AvgIpc) is 2.97. The number of hydrogen-bond donors (Lipinski definition) is 0. The number of likely N-dealkylation sites (tertiary alicyclic amines) is 1. The van der Waals surface area contributed by atoms with Crippen LogP contribution in [0.2, 0.25) is 0 Å². The van der Waals surface area contributed by atoms with E-state index in [0.29, 0.717) is 31.5 Å². The number of amides is 2. The standard InChI is InChI=1S/C22H28N2O5/c1-22(2,3)21(28)24-9-7-14(8-10-24)20(27)29-13-18(25)15-5-6-17-16(11-15)12-19(26)23(17)4/h5-6,11,14H,7-10,12-13H2,1-4H3. The van der Waals surface area contributed by atoms with Gasteiger partial charge in [0.05, 0.1) is 12.3 Å². The van der Waals surface area contributed by atoms with E-state index in [1.54, 1.807) is 35.0 Å². The van der Waals surface area contributed by atoms with Crippen molar-refractivity contribution in [3.63, 3.8) is 0 Å². The van der Waals surface area contributed by atoms with Crippen LogP contribution < -0.4 is 4.90 Å². The highest BCUT2D eigenvalue weighted by molar-refractivity contribution is 6.04. The largest absolute Gasteiger partial charge is 0.457 e. The zero-order valence-electron chi connectivity index (χ0n) is 17.5. The normalized spacial score (nSPS) is 17.3. The third-order valence-electron chi connectivity index (χ3n) is 5.58. The Morgan fingerprint density at radius 3 is 2.41 bits per heavy atom. The molecule has 1 fully saturated rings. The lowest BCUT2D eigenvalue weighted by Gasteiger charge is -2.34. The van der Waals surface area contributed by atoms with E-state index < -0.39 is 11.4 Å². The average molecular weight is 400 g/mol. The fourth-order valence-electron chi connectivity index (χ4n) is 3.77. The first kappa shape index (κ1) is 21.0. The Labute approximate surface area is 171 Å². The molecule has 1 aromatic carbocycles. The van der Waals surface area contributed by atoms with Crippen molar-refractivity contribution in [2.45, 2.75) is 40.0 Å². The van der Waals surface area contributed by atoms with Gasteiger partial charge < -0.3 is 14.5 Å². The molecule has 7 heteroatoms. The summed E-state index contributed by atoms with van der Waals surface area (Å²) in [6, 6.07) is 5.10. The van der Waals surface area contributed by atoms with Crippen LogP contribution in [-0.4, -0.2) is 55.2 Å². The fraction of sp³-hybridized carbons (Fsp3) is 0.545. The number of likely N-dealkylation sites (N-methyl/N-ethyl adjacent to an activating group) is 1. The summed E-state index contributed by atoms with van der Waals surface area (Å²) in [5, 5.41) is 0. The van der Waals surface area contributed by atoms with Crippen LogP contribution in [0.1, 0.15) is 49.5 Å². The van der Waals surface area contributed by atoms with E-state index in [0.717, 1.165) is 11.3 Å². The molecule has 0 radical (unpaired) electrons. The molecule has 2 aliphatic heterocycles. The molecular formula is C22H28N2O5. The Morgan fingerprint density at radius 2 is 1.79 bits per heavy atom. The maximum atomic E-state index is 12.4. The van der Waals surface area contributed by atoms with E-state index in [-0.39, 0.29) is 36.5 Å². The zero-order chi connectivity index (χ0) is 21.3. The highest BCUT2D eigenvalue weighted by Crippen LogP contribution is 2.28. The van der Waals surface area contributed by atoms with Gasteiger partial charge in [0, 0.05) is 36.8 Å². The van der Waals surface area contributed by atoms with E-state index in [1.165, 1.54) is 0 Å². The molecule has 0 aromatic heterocycles. The monoisotopic (exact) mass is 400 g/mol. The Balaban J connectivity index is 1.50. The molecule has 0 atom stereocenters. The minimum absolute atomic E-state index is 0.00712. The lowest BCUT2D eigenvalue weighted by atomic mass is 9.91. The van der Waals surface area contributed by atoms with E-state index in [9.17, 15) is 19.2 Å². The molecule has 7 nitrogen and oxygen atoms in total. The minimum atomic E-state index is -0.435. The number of benzene rings is 1. The molecule has 29 heavy (non-hydrogen) atoms. The number of esters is 1. The van der Waals surface area contributed by atoms with Crippen molar-refractivity contribution in [3.05, 3.63) is 29.3 Å². The Morgan fingerprint density at radius 1 is 1.14 bits per heavy atom. The molecule has 3 rings (SSSR count). The number of Topliss-reactive ketones (excluding diaryl/α,β-unsaturated/α-hetero) is 1. The predicted molar refractivity (Wildman–Crippen MR) is 108 cm³/mol. The molecule has 2 heterocycles. The number of hydrogen-bond acceptors (Lipinski definition) is 5. The van der Waals surface area contributed by atoms with Crippen LogP contribution in [0, 0.1) is 11.3 Å². The Bertz CT molecular complexity index is 847. The fourth-order valence-corrected chi connectivity index (χ4v) is 3.77. The summed E-state index contributed by atoms with van der Waals surface area (Å²) < 4.78 is 5.25. The smallest absolute Gasteiger partial charge is 0.309 e.